The van der Waals surface area contributed by atoms with E-state index in [-0.39, 0.29) is 7.30 Å². The second kappa shape index (κ2) is 5.52. The zero-order chi connectivity index (χ0) is 10.8. The average molecular weight is 274 g/mol. The summed E-state index contributed by atoms with van der Waals surface area (Å²) in [5, 5.41) is 0. The van der Waals surface area contributed by atoms with Gasteiger partial charge in [0.25, 0.3) is 0 Å². The molecule has 0 fully saturated rings. The van der Waals surface area contributed by atoms with Crippen LogP contribution in [-0.4, -0.2) is 5.66 Å². The molecule has 1 aromatic carbocycles. The average Bonchev–Trinajstić information content (AvgIpc) is 2.27. The van der Waals surface area contributed by atoms with Gasteiger partial charge in [-0.25, -0.2) is 0 Å². The standard InChI is InChI=1S/C11H18P4/c1-8-6-9-4-2-3-5-10(9)7-11(8)15(13)14-12/h2-5,8,11,14H,6-7,12-13H2,1H3/t8-,11-,15?/m0/s1. The van der Waals surface area contributed by atoms with Crippen LogP contribution in [0.25, 0.3) is 0 Å². The van der Waals surface area contributed by atoms with Gasteiger partial charge in [0, 0.05) is 0 Å². The molecule has 4 heteroatoms. The molecule has 0 aromatic heterocycles. The molecule has 0 nitrogen and oxygen atoms in total. The van der Waals surface area contributed by atoms with Crippen LogP contribution < -0.4 is 0 Å². The van der Waals surface area contributed by atoms with Crippen LogP contribution in [-0.2, 0) is 12.8 Å². The number of hydrogen-bond donors (Lipinski definition) is 0. The van der Waals surface area contributed by atoms with Crippen molar-refractivity contribution in [3.05, 3.63) is 35.4 Å². The van der Waals surface area contributed by atoms with Crippen LogP contribution in [0, 0.1) is 5.92 Å². The zero-order valence-corrected chi connectivity index (χ0v) is 13.2. The van der Waals surface area contributed by atoms with E-state index in [0.717, 1.165) is 19.5 Å². The van der Waals surface area contributed by atoms with Crippen LogP contribution in [0.5, 0.6) is 0 Å². The van der Waals surface area contributed by atoms with Gasteiger partial charge >= 0.3 is 0 Å². The summed E-state index contributed by atoms with van der Waals surface area (Å²) in [6.45, 7) is 2.42. The van der Waals surface area contributed by atoms with Crippen LogP contribution in [0.3, 0.4) is 0 Å². The van der Waals surface area contributed by atoms with Crippen molar-refractivity contribution in [3.8, 4) is 0 Å². The Morgan fingerprint density at radius 3 is 2.47 bits per heavy atom. The molecule has 0 saturated carbocycles. The van der Waals surface area contributed by atoms with Crippen molar-refractivity contribution in [2.75, 3.05) is 0 Å². The van der Waals surface area contributed by atoms with Crippen molar-refractivity contribution in [3.63, 3.8) is 0 Å². The highest BCUT2D eigenvalue weighted by Gasteiger charge is 2.28. The fraction of sp³-hybridized carbons (Fsp3) is 0.455. The molecular weight excluding hydrogens is 256 g/mol. The van der Waals surface area contributed by atoms with Gasteiger partial charge in [-0.05, 0) is 35.5 Å². The monoisotopic (exact) mass is 274 g/mol. The predicted octanol–water partition coefficient (Wildman–Crippen LogP) is 4.45. The Hall–Kier alpha value is 0.940. The van der Waals surface area contributed by atoms with Gasteiger partial charge in [-0.1, -0.05) is 46.4 Å². The lowest BCUT2D eigenvalue weighted by atomic mass is 9.84. The van der Waals surface area contributed by atoms with Gasteiger partial charge in [-0.3, -0.25) is 0 Å². The second-order valence-corrected chi connectivity index (χ2v) is 13.9. The fourth-order valence-electron chi connectivity index (χ4n) is 2.33. The largest absolute Gasteiger partial charge is 0.110 e. The molecule has 0 spiro atoms. The SMILES string of the molecule is C[C@H]1Cc2ccccc2C[C@@H]1P(P)PP. The van der Waals surface area contributed by atoms with Gasteiger partial charge in [0.05, 0.1) is 0 Å². The van der Waals surface area contributed by atoms with E-state index in [4.69, 9.17) is 0 Å². The number of hydrogen-bond acceptors (Lipinski definition) is 0. The maximum atomic E-state index is 3.10. The summed E-state index contributed by atoms with van der Waals surface area (Å²) in [7, 11) is 7.21. The lowest BCUT2D eigenvalue weighted by molar-refractivity contribution is 0.514. The lowest BCUT2D eigenvalue weighted by Crippen LogP contribution is -2.24. The Kier molecular flexibility index (Phi) is 4.56. The number of benzene rings is 1. The topological polar surface area (TPSA) is 0 Å². The van der Waals surface area contributed by atoms with Gasteiger partial charge in [-0.15, -0.1) is 17.9 Å². The van der Waals surface area contributed by atoms with Crippen LogP contribution in [0.2, 0.25) is 0 Å². The molecule has 0 heterocycles. The van der Waals surface area contributed by atoms with Crippen LogP contribution >= 0.6 is 33.1 Å². The van der Waals surface area contributed by atoms with Crippen LogP contribution in [0.4, 0.5) is 0 Å². The summed E-state index contributed by atoms with van der Waals surface area (Å²) >= 11 is 0. The Labute approximate surface area is 100 Å². The van der Waals surface area contributed by atoms with Crippen molar-refractivity contribution < 1.29 is 0 Å². The Bertz CT molecular complexity index is 339. The third kappa shape index (κ3) is 2.79. The molecule has 4 unspecified atom stereocenters. The highest BCUT2D eigenvalue weighted by atomic mass is 32.6. The molecule has 0 N–H and O–H groups in total. The molecule has 0 radical (unpaired) electrons. The summed E-state index contributed by atoms with van der Waals surface area (Å²) in [4.78, 5) is 0. The van der Waals surface area contributed by atoms with Gasteiger partial charge in [0.1, 0.15) is 0 Å². The first-order valence-electron chi connectivity index (χ1n) is 5.29. The molecule has 0 amide bonds. The van der Waals surface area contributed by atoms with E-state index in [1.54, 1.807) is 11.1 Å². The van der Waals surface area contributed by atoms with Crippen molar-refractivity contribution in [1.82, 2.24) is 0 Å². The highest BCUT2D eigenvalue weighted by molar-refractivity contribution is 8.61. The first-order valence-corrected chi connectivity index (χ1v) is 12.0. The van der Waals surface area contributed by atoms with Crippen LogP contribution in [0.15, 0.2) is 24.3 Å². The van der Waals surface area contributed by atoms with Crippen LogP contribution in [0.1, 0.15) is 18.1 Å². The molecular formula is C11H18P4. The molecule has 2 rings (SSSR count). The summed E-state index contributed by atoms with van der Waals surface area (Å²) in [5.41, 5.74) is 4.09. The van der Waals surface area contributed by atoms with E-state index in [1.165, 1.54) is 12.8 Å². The summed E-state index contributed by atoms with van der Waals surface area (Å²) in [5.74, 6) is 0.858. The van der Waals surface area contributed by atoms with Gasteiger partial charge in [-0.2, -0.15) is 0 Å². The maximum absolute atomic E-state index is 3.10. The molecule has 1 aliphatic carbocycles. The Morgan fingerprint density at radius 2 is 1.87 bits per heavy atom. The van der Waals surface area contributed by atoms with Gasteiger partial charge < -0.3 is 0 Å². The van der Waals surface area contributed by atoms with E-state index >= 15 is 0 Å². The predicted molar refractivity (Wildman–Crippen MR) is 81.5 cm³/mol. The van der Waals surface area contributed by atoms with Crippen molar-refractivity contribution in [1.29, 1.82) is 0 Å². The van der Waals surface area contributed by atoms with E-state index in [1.807, 2.05) is 0 Å². The summed E-state index contributed by atoms with van der Waals surface area (Å²) in [6.07, 6.45) is 2.58. The van der Waals surface area contributed by atoms with E-state index in [0.29, 0.717) is 0 Å². The number of rotatable bonds is 2. The van der Waals surface area contributed by atoms with Crippen molar-refractivity contribution in [2.24, 2.45) is 5.92 Å². The molecule has 1 aliphatic rings. The maximum Gasteiger partial charge on any atom is -0.00665 e. The molecule has 0 aliphatic heterocycles. The molecule has 82 valence electrons. The minimum absolute atomic E-state index is 0.147. The molecule has 1 aromatic rings. The van der Waals surface area contributed by atoms with Gasteiger partial charge in [0.2, 0.25) is 0 Å². The minimum atomic E-state index is 0.147. The Balaban J connectivity index is 2.22. The first kappa shape index (κ1) is 12.4. The van der Waals surface area contributed by atoms with E-state index < -0.39 is 0 Å². The van der Waals surface area contributed by atoms with E-state index in [2.05, 4.69) is 49.0 Å². The number of fused-ring (bicyclic) bond motifs is 1. The lowest BCUT2D eigenvalue weighted by Gasteiger charge is -2.34. The molecule has 6 atom stereocenters. The third-order valence-corrected chi connectivity index (χ3v) is 14.7. The summed E-state index contributed by atoms with van der Waals surface area (Å²) in [6, 6.07) is 8.97. The summed E-state index contributed by atoms with van der Waals surface area (Å²) < 4.78 is 0. The molecule has 0 saturated heterocycles. The third-order valence-electron chi connectivity index (χ3n) is 3.25. The zero-order valence-electron chi connectivity index (χ0n) is 8.98. The second-order valence-electron chi connectivity index (χ2n) is 4.26. The normalized spacial score (nSPS) is 27.9. The first-order chi connectivity index (χ1) is 7.22. The quantitative estimate of drug-likeness (QED) is 0.699. The molecule has 0 bridgehead atoms. The van der Waals surface area contributed by atoms with Crippen molar-refractivity contribution in [2.45, 2.75) is 25.4 Å². The van der Waals surface area contributed by atoms with Crippen molar-refractivity contribution >= 4 is 33.1 Å². The smallest absolute Gasteiger partial charge is 0.00665 e. The minimum Gasteiger partial charge on any atom is -0.110 e. The fourth-order valence-corrected chi connectivity index (χ4v) is 8.10. The molecule has 15 heavy (non-hydrogen) atoms. The van der Waals surface area contributed by atoms with E-state index in [9.17, 15) is 0 Å². The van der Waals surface area contributed by atoms with Gasteiger partial charge in [0.15, 0.2) is 0 Å². The highest BCUT2D eigenvalue weighted by Crippen LogP contribution is 2.71. The Morgan fingerprint density at radius 1 is 1.27 bits per heavy atom.